The Labute approximate surface area is 167 Å². The Hall–Kier alpha value is -3.62. The monoisotopic (exact) mass is 400 g/mol. The van der Waals surface area contributed by atoms with Crippen molar-refractivity contribution in [3.05, 3.63) is 86.6 Å². The first-order valence-electron chi connectivity index (χ1n) is 8.99. The Balaban J connectivity index is 2.20. The van der Waals surface area contributed by atoms with Gasteiger partial charge in [0.05, 0.1) is 20.2 Å². The first kappa shape index (κ1) is 21.7. The number of rotatable bonds is 10. The summed E-state index contributed by atoms with van der Waals surface area (Å²) in [5, 5.41) is 2.67. The predicted octanol–water partition coefficient (Wildman–Crippen LogP) is -0.0888. The number of aromatic nitrogens is 3. The minimum Gasteiger partial charge on any atom is -0.496 e. The van der Waals surface area contributed by atoms with Crippen LogP contribution < -0.4 is 27.1 Å². The number of para-hydroxylation sites is 1. The van der Waals surface area contributed by atoms with Gasteiger partial charge < -0.3 is 10.1 Å². The van der Waals surface area contributed by atoms with E-state index in [4.69, 9.17) is 4.74 Å². The minimum absolute atomic E-state index is 0.0789. The summed E-state index contributed by atoms with van der Waals surface area (Å²) in [6.45, 7) is 6.64. The lowest BCUT2D eigenvalue weighted by molar-refractivity contribution is -0.121. The minimum atomic E-state index is -0.861. The van der Waals surface area contributed by atoms with Crippen molar-refractivity contribution in [2.24, 2.45) is 0 Å². The fourth-order valence-corrected chi connectivity index (χ4v) is 2.83. The number of carbonyl (C=O) groups excluding carboxylic acids is 1. The molecule has 0 unspecified atom stereocenters. The van der Waals surface area contributed by atoms with Crippen LogP contribution in [0, 0.1) is 0 Å². The van der Waals surface area contributed by atoms with Crippen LogP contribution in [0.3, 0.4) is 0 Å². The van der Waals surface area contributed by atoms with E-state index in [1.165, 1.54) is 12.2 Å². The van der Waals surface area contributed by atoms with Crippen molar-refractivity contribution < 1.29 is 9.53 Å². The number of benzene rings is 1. The molecule has 0 saturated carbocycles. The molecule has 2 aromatic rings. The Kier molecular flexibility index (Phi) is 7.53. The maximum Gasteiger partial charge on any atom is 0.337 e. The average molecular weight is 400 g/mol. The van der Waals surface area contributed by atoms with Crippen molar-refractivity contribution in [3.63, 3.8) is 0 Å². The van der Waals surface area contributed by atoms with E-state index in [1.807, 2.05) is 24.3 Å². The Bertz CT molecular complexity index is 1030. The van der Waals surface area contributed by atoms with Crippen LogP contribution in [-0.4, -0.2) is 33.3 Å². The van der Waals surface area contributed by atoms with Gasteiger partial charge in [-0.2, -0.15) is 0 Å². The van der Waals surface area contributed by atoms with Crippen LogP contribution in [-0.2, 0) is 30.8 Å². The van der Waals surface area contributed by atoms with Crippen molar-refractivity contribution in [3.8, 4) is 5.75 Å². The molecule has 1 N–H and O–H groups in total. The third kappa shape index (κ3) is 5.01. The number of nitrogens with one attached hydrogen (secondary N) is 1. The van der Waals surface area contributed by atoms with Gasteiger partial charge in [-0.25, -0.2) is 28.1 Å². The average Bonchev–Trinajstić information content (AvgIpc) is 2.72. The van der Waals surface area contributed by atoms with Crippen LogP contribution in [0.15, 0.2) is 64.0 Å². The van der Waals surface area contributed by atoms with Gasteiger partial charge >= 0.3 is 17.1 Å². The van der Waals surface area contributed by atoms with E-state index in [0.29, 0.717) is 18.7 Å². The molecule has 0 bridgehead atoms. The molecule has 1 heterocycles. The van der Waals surface area contributed by atoms with Gasteiger partial charge in [0.2, 0.25) is 5.91 Å². The second-order valence-electron chi connectivity index (χ2n) is 6.14. The van der Waals surface area contributed by atoms with E-state index in [-0.39, 0.29) is 13.1 Å². The number of nitrogens with zero attached hydrogens (tertiary/aromatic N) is 3. The molecule has 29 heavy (non-hydrogen) atoms. The standard InChI is InChI=1S/C20H24N4O5/c1-4-12-22-18(26)23(13-5-2)20(28)24(19(22)27)14-17(25)21-11-10-15-8-6-7-9-16(15)29-3/h4-9H,1-2,10-14H2,3H3,(H,21,25). The molecule has 0 spiro atoms. The van der Waals surface area contributed by atoms with E-state index in [2.05, 4.69) is 18.5 Å². The predicted molar refractivity (Wildman–Crippen MR) is 109 cm³/mol. The lowest BCUT2D eigenvalue weighted by atomic mass is 10.1. The number of amides is 1. The highest BCUT2D eigenvalue weighted by molar-refractivity contribution is 5.75. The van der Waals surface area contributed by atoms with Gasteiger partial charge in [0.15, 0.2) is 0 Å². The Morgan fingerprint density at radius 1 is 1.00 bits per heavy atom. The summed E-state index contributed by atoms with van der Waals surface area (Å²) in [6.07, 6.45) is 3.24. The van der Waals surface area contributed by atoms with E-state index in [9.17, 15) is 19.2 Å². The van der Waals surface area contributed by atoms with Crippen LogP contribution in [0.2, 0.25) is 0 Å². The molecule has 1 aromatic heterocycles. The summed E-state index contributed by atoms with van der Waals surface area (Å²) in [5.74, 6) is 0.190. The van der Waals surface area contributed by atoms with Gasteiger partial charge in [-0.1, -0.05) is 30.4 Å². The number of methoxy groups -OCH3 is 1. The molecule has 1 amide bonds. The number of ether oxygens (including phenoxy) is 1. The number of hydrogen-bond donors (Lipinski definition) is 1. The van der Waals surface area contributed by atoms with Gasteiger partial charge in [-0.3, -0.25) is 4.79 Å². The van der Waals surface area contributed by atoms with Crippen molar-refractivity contribution in [2.75, 3.05) is 13.7 Å². The molecule has 2 rings (SSSR count). The molecule has 1 aromatic carbocycles. The molecule has 0 saturated heterocycles. The first-order chi connectivity index (χ1) is 13.9. The van der Waals surface area contributed by atoms with Crippen LogP contribution in [0.5, 0.6) is 5.75 Å². The van der Waals surface area contributed by atoms with E-state index in [0.717, 1.165) is 19.3 Å². The molecular weight excluding hydrogens is 376 g/mol. The largest absolute Gasteiger partial charge is 0.496 e. The van der Waals surface area contributed by atoms with Crippen molar-refractivity contribution in [1.29, 1.82) is 0 Å². The maximum atomic E-state index is 12.5. The quantitative estimate of drug-likeness (QED) is 0.562. The molecule has 9 nitrogen and oxygen atoms in total. The van der Waals surface area contributed by atoms with Gasteiger partial charge in [0.25, 0.3) is 0 Å². The summed E-state index contributed by atoms with van der Waals surface area (Å²) < 4.78 is 7.69. The SMILES string of the molecule is C=CCn1c(=O)n(CC=C)c(=O)n(CC(=O)NCCc2ccccc2OC)c1=O. The van der Waals surface area contributed by atoms with Gasteiger partial charge in [0, 0.05) is 6.54 Å². The van der Waals surface area contributed by atoms with E-state index < -0.39 is 29.5 Å². The summed E-state index contributed by atoms with van der Waals surface area (Å²) in [5.41, 5.74) is -1.58. The molecule has 0 aliphatic rings. The van der Waals surface area contributed by atoms with Crippen LogP contribution in [0.4, 0.5) is 0 Å². The molecular formula is C20H24N4O5. The Morgan fingerprint density at radius 3 is 2.10 bits per heavy atom. The van der Waals surface area contributed by atoms with Crippen molar-refractivity contribution >= 4 is 5.91 Å². The van der Waals surface area contributed by atoms with E-state index >= 15 is 0 Å². The highest BCUT2D eigenvalue weighted by atomic mass is 16.5. The highest BCUT2D eigenvalue weighted by Crippen LogP contribution is 2.17. The third-order valence-corrected chi connectivity index (χ3v) is 4.22. The Morgan fingerprint density at radius 2 is 1.55 bits per heavy atom. The highest BCUT2D eigenvalue weighted by Gasteiger charge is 2.16. The van der Waals surface area contributed by atoms with Crippen molar-refractivity contribution in [2.45, 2.75) is 26.1 Å². The van der Waals surface area contributed by atoms with E-state index in [1.54, 1.807) is 7.11 Å². The molecule has 154 valence electrons. The fraction of sp³-hybridized carbons (Fsp3) is 0.300. The molecule has 0 atom stereocenters. The normalized spacial score (nSPS) is 10.4. The summed E-state index contributed by atoms with van der Waals surface area (Å²) in [7, 11) is 1.57. The lowest BCUT2D eigenvalue weighted by Crippen LogP contribution is -2.55. The van der Waals surface area contributed by atoms with Crippen molar-refractivity contribution in [1.82, 2.24) is 19.0 Å². The topological polar surface area (TPSA) is 104 Å². The molecule has 0 radical (unpaired) electrons. The second-order valence-corrected chi connectivity index (χ2v) is 6.14. The molecule has 0 aliphatic heterocycles. The van der Waals surface area contributed by atoms with Crippen LogP contribution in [0.1, 0.15) is 5.56 Å². The first-order valence-corrected chi connectivity index (χ1v) is 8.99. The summed E-state index contributed by atoms with van der Waals surface area (Å²) in [6, 6.07) is 7.42. The number of carbonyl (C=O) groups is 1. The van der Waals surface area contributed by atoms with Crippen LogP contribution in [0.25, 0.3) is 0 Å². The summed E-state index contributed by atoms with van der Waals surface area (Å²) in [4.78, 5) is 49.7. The zero-order chi connectivity index (χ0) is 21.4. The smallest absolute Gasteiger partial charge is 0.337 e. The van der Waals surface area contributed by atoms with Gasteiger partial charge in [0.1, 0.15) is 12.3 Å². The summed E-state index contributed by atoms with van der Waals surface area (Å²) >= 11 is 0. The molecule has 0 fully saturated rings. The van der Waals surface area contributed by atoms with Gasteiger partial charge in [-0.05, 0) is 18.1 Å². The molecule has 0 aliphatic carbocycles. The van der Waals surface area contributed by atoms with Gasteiger partial charge in [-0.15, -0.1) is 13.2 Å². The lowest BCUT2D eigenvalue weighted by Gasteiger charge is -2.12. The number of allylic oxidation sites excluding steroid dienone is 2. The second kappa shape index (κ2) is 10.1. The zero-order valence-corrected chi connectivity index (χ0v) is 16.3. The fourth-order valence-electron chi connectivity index (χ4n) is 2.83. The number of hydrogen-bond acceptors (Lipinski definition) is 5. The van der Waals surface area contributed by atoms with Crippen LogP contribution >= 0.6 is 0 Å². The third-order valence-electron chi connectivity index (χ3n) is 4.22. The maximum absolute atomic E-state index is 12.5. The molecule has 9 heteroatoms. The zero-order valence-electron chi connectivity index (χ0n) is 16.3.